The summed E-state index contributed by atoms with van der Waals surface area (Å²) in [4.78, 5) is 12.2. The molecule has 1 N–H and O–H groups in total. The van der Waals surface area contributed by atoms with Gasteiger partial charge in [0.1, 0.15) is 6.61 Å². The van der Waals surface area contributed by atoms with Crippen LogP contribution in [0.2, 0.25) is 0 Å². The molecule has 8 rings (SSSR count). The molecule has 0 radical (unpaired) electrons. The van der Waals surface area contributed by atoms with Crippen LogP contribution in [0.1, 0.15) is 193 Å². The van der Waals surface area contributed by atoms with Crippen molar-refractivity contribution in [1.29, 1.82) is 0 Å². The number of carbonyl (C=O) groups excluding carboxylic acids is 1. The summed E-state index contributed by atoms with van der Waals surface area (Å²) in [5.74, 6) is 3.47. The zero-order valence-electron chi connectivity index (χ0n) is 49.9. The molecule has 11 heteroatoms. The highest BCUT2D eigenvalue weighted by molar-refractivity contribution is 5.75. The van der Waals surface area contributed by atoms with Gasteiger partial charge in [-0.15, -0.1) is 0 Å². The molecule has 8 fully saturated rings. The molecule has 8 aliphatic heterocycles. The molecular weight excluding hydrogens is 957 g/mol. The van der Waals surface area contributed by atoms with Crippen molar-refractivity contribution < 1.29 is 52.5 Å². The van der Waals surface area contributed by atoms with Crippen molar-refractivity contribution in [2.45, 2.75) is 290 Å². The van der Waals surface area contributed by atoms with Gasteiger partial charge in [-0.05, 0) is 161 Å². The summed E-state index contributed by atoms with van der Waals surface area (Å²) in [5.41, 5.74) is 4.09. The lowest BCUT2D eigenvalue weighted by molar-refractivity contribution is -0.244. The van der Waals surface area contributed by atoms with Gasteiger partial charge in [-0.25, -0.2) is 0 Å². The number of hydrogen-bond donors (Lipinski definition) is 1. The Morgan fingerprint density at radius 1 is 0.513 bits per heavy atom. The lowest BCUT2D eigenvalue weighted by atomic mass is 9.74. The first-order valence-electron chi connectivity index (χ1n) is 30.7. The highest BCUT2D eigenvalue weighted by atomic mass is 16.6. The third-order valence-electron chi connectivity index (χ3n) is 19.8. The molecule has 4 unspecified atom stereocenters. The second-order valence-electron chi connectivity index (χ2n) is 26.9. The summed E-state index contributed by atoms with van der Waals surface area (Å²) in [6, 6.07) is 0. The van der Waals surface area contributed by atoms with E-state index in [4.69, 9.17) is 42.6 Å². The van der Waals surface area contributed by atoms with E-state index in [9.17, 15) is 9.90 Å². The van der Waals surface area contributed by atoms with Gasteiger partial charge in [0.2, 0.25) is 0 Å². The van der Waals surface area contributed by atoms with Crippen LogP contribution in [0, 0.1) is 52.8 Å². The van der Waals surface area contributed by atoms with Crippen LogP contribution in [0.3, 0.4) is 0 Å². The summed E-state index contributed by atoms with van der Waals surface area (Å²) < 4.78 is 57.9. The van der Waals surface area contributed by atoms with Crippen molar-refractivity contribution in [3.8, 4) is 0 Å². The van der Waals surface area contributed by atoms with Gasteiger partial charge in [0, 0.05) is 19.3 Å². The maximum atomic E-state index is 12.2. The van der Waals surface area contributed by atoms with E-state index in [1.165, 1.54) is 17.6 Å². The highest BCUT2D eigenvalue weighted by Crippen LogP contribution is 2.46. The van der Waals surface area contributed by atoms with E-state index in [0.29, 0.717) is 59.6 Å². The fourth-order valence-corrected chi connectivity index (χ4v) is 14.2. The van der Waals surface area contributed by atoms with E-state index in [1.54, 1.807) is 0 Å². The molecule has 0 amide bonds. The zero-order chi connectivity index (χ0) is 55.3. The maximum absolute atomic E-state index is 12.2. The average molecular weight is 1070 g/mol. The van der Waals surface area contributed by atoms with Gasteiger partial charge in [0.05, 0.1) is 110 Å². The fraction of sp³-hybridized carbons (Fsp3) is 0.862. The summed E-state index contributed by atoms with van der Waals surface area (Å²) in [7, 11) is 0. The van der Waals surface area contributed by atoms with Gasteiger partial charge in [0.15, 0.2) is 0 Å². The minimum absolute atomic E-state index is 0.00646. The van der Waals surface area contributed by atoms with Crippen molar-refractivity contribution in [1.82, 2.24) is 0 Å². The quantitative estimate of drug-likeness (QED) is 0.111. The largest absolute Gasteiger partial charge is 0.463 e. The second-order valence-corrected chi connectivity index (χ2v) is 26.9. The topological polar surface area (TPSA) is 120 Å². The molecule has 24 atom stereocenters. The molecule has 8 aliphatic rings. The lowest BCUT2D eigenvalue weighted by Gasteiger charge is -2.51. The average Bonchev–Trinajstić information content (AvgIpc) is 3.93. The van der Waals surface area contributed by atoms with Crippen molar-refractivity contribution in [3.63, 3.8) is 0 Å². The maximum Gasteiger partial charge on any atom is 0.311 e. The van der Waals surface area contributed by atoms with Gasteiger partial charge < -0.3 is 47.7 Å². The molecule has 8 heterocycles. The molecule has 0 aromatic carbocycles. The van der Waals surface area contributed by atoms with Crippen LogP contribution in [-0.2, 0) is 47.4 Å². The van der Waals surface area contributed by atoms with E-state index in [0.717, 1.165) is 107 Å². The number of esters is 1. The fourth-order valence-electron chi connectivity index (χ4n) is 14.2. The van der Waals surface area contributed by atoms with Gasteiger partial charge in [-0.3, -0.25) is 4.79 Å². The van der Waals surface area contributed by atoms with E-state index in [-0.39, 0.29) is 105 Å². The van der Waals surface area contributed by atoms with E-state index in [1.807, 2.05) is 20.8 Å². The van der Waals surface area contributed by atoms with Gasteiger partial charge in [0.25, 0.3) is 0 Å². The molecule has 0 saturated carbocycles. The Morgan fingerprint density at radius 2 is 0.921 bits per heavy atom. The predicted molar refractivity (Wildman–Crippen MR) is 302 cm³/mol. The Morgan fingerprint density at radius 3 is 1.32 bits per heavy atom. The molecule has 0 spiro atoms. The Hall–Kier alpha value is -1.93. The van der Waals surface area contributed by atoms with E-state index >= 15 is 0 Å². The van der Waals surface area contributed by atoms with Crippen LogP contribution < -0.4 is 0 Å². The molecular formula is C65H108O11. The number of fused-ring (bicyclic) bond motifs is 2. The predicted octanol–water partition coefficient (Wildman–Crippen LogP) is 13.3. The molecule has 0 aliphatic carbocycles. The first-order chi connectivity index (χ1) is 36.0. The van der Waals surface area contributed by atoms with Crippen LogP contribution in [0.25, 0.3) is 0 Å². The normalized spacial score (nSPS) is 44.0. The number of hydrogen-bond acceptors (Lipinski definition) is 11. The Labute approximate surface area is 461 Å². The van der Waals surface area contributed by atoms with Gasteiger partial charge >= 0.3 is 5.97 Å². The van der Waals surface area contributed by atoms with Crippen molar-refractivity contribution >= 4 is 5.97 Å². The second kappa shape index (κ2) is 27.2. The standard InChI is InChI=1S/C35H58O6.C30H50O5/c1-11-12-28-22(4)17-32-33(41-28)25(7)24(6)31(40-32)18-30-23(5)20(2)15-26(38-30)13-14-29-21(3)16-27(39-29)19-37-34(36)35(8,9)10;1-8-9-25-19(4)14-29-30(35-25)22(7)21(6)28(34-29)15-27-20(5)17(2)12-23(32-27)10-11-26-18(3)13-24(16-31)33-26/h20,22,24-33H,3,5,11-19H2,1-2,4,6-10H3;17,19,21-31H,3,5,8-16H2,1-2,4,6-7H3/t20-,22-,24-,25-,26+,27-,28-,29?,30?,31+,32+,33+;17-,19-,21-,22-,23+,24-,25-,26?,27?,28+,29+,30+/m11/s1. The molecule has 8 saturated heterocycles. The van der Waals surface area contributed by atoms with E-state index < -0.39 is 5.41 Å². The highest BCUT2D eigenvalue weighted by Gasteiger charge is 2.50. The van der Waals surface area contributed by atoms with Gasteiger partial charge in [-0.1, -0.05) is 108 Å². The van der Waals surface area contributed by atoms with Crippen molar-refractivity contribution in [3.05, 3.63) is 48.6 Å². The van der Waals surface area contributed by atoms with Crippen LogP contribution in [0.4, 0.5) is 0 Å². The smallest absolute Gasteiger partial charge is 0.311 e. The molecule has 11 nitrogen and oxygen atoms in total. The Bertz CT molecular complexity index is 1930. The number of carbonyl (C=O) groups is 1. The third kappa shape index (κ3) is 15.1. The number of rotatable bonds is 17. The monoisotopic (exact) mass is 1060 g/mol. The first kappa shape index (κ1) is 61.7. The molecule has 76 heavy (non-hydrogen) atoms. The molecule has 434 valence electrons. The number of aliphatic hydroxyl groups is 1. The van der Waals surface area contributed by atoms with E-state index in [2.05, 4.69) is 95.6 Å². The van der Waals surface area contributed by atoms with Gasteiger partial charge in [-0.2, -0.15) is 0 Å². The van der Waals surface area contributed by atoms with Crippen LogP contribution in [-0.4, -0.2) is 122 Å². The minimum Gasteiger partial charge on any atom is -0.463 e. The molecule has 0 aromatic rings. The summed E-state index contributed by atoms with van der Waals surface area (Å²) in [6.45, 7) is 46.4. The Balaban J connectivity index is 0.000000224. The summed E-state index contributed by atoms with van der Waals surface area (Å²) in [5, 5.41) is 9.42. The first-order valence-corrected chi connectivity index (χ1v) is 30.7. The third-order valence-corrected chi connectivity index (χ3v) is 19.8. The minimum atomic E-state index is -0.509. The number of aliphatic hydroxyl groups excluding tert-OH is 1. The van der Waals surface area contributed by atoms with Crippen molar-refractivity contribution in [2.24, 2.45) is 52.8 Å². The summed E-state index contributed by atoms with van der Waals surface area (Å²) in [6.07, 6.45) is 17.6. The molecule has 0 aromatic heterocycles. The van der Waals surface area contributed by atoms with Crippen molar-refractivity contribution in [2.75, 3.05) is 13.2 Å². The Kier molecular flexibility index (Phi) is 22.1. The lowest BCUT2D eigenvalue weighted by Crippen LogP contribution is -2.56. The van der Waals surface area contributed by atoms with Crippen LogP contribution in [0.15, 0.2) is 48.6 Å². The molecule has 0 bridgehead atoms. The number of ether oxygens (including phenoxy) is 9. The van der Waals surface area contributed by atoms with Crippen LogP contribution >= 0.6 is 0 Å². The van der Waals surface area contributed by atoms with Crippen LogP contribution in [0.5, 0.6) is 0 Å². The zero-order valence-corrected chi connectivity index (χ0v) is 49.9. The summed E-state index contributed by atoms with van der Waals surface area (Å²) >= 11 is 0. The SMILES string of the molecule is C=C1C[C@H](CO)OC1CC[C@H]1C[C@@H](C)C(=C)C(C[C@@H]2O[C@H]3C[C@@H](C)[C@@H](CCC)O[C@H]3[C@H](C)[C@H]2C)O1.C=C1C[C@H](COC(=O)C(C)(C)C)OC1CC[C@H]1C[C@@H](C)C(=C)C(C[C@@H]2O[C@H]3C[C@@H](C)[C@@H](CCC)O[C@H]3[C@H](C)[C@H]2C)O1.